The van der Waals surface area contributed by atoms with Gasteiger partial charge in [-0.2, -0.15) is 0 Å². The number of nitrogens with two attached hydrogens (primary N) is 1. The van der Waals surface area contributed by atoms with Gasteiger partial charge in [0.15, 0.2) is 0 Å². The molecule has 2 aromatic rings. The van der Waals surface area contributed by atoms with E-state index in [9.17, 15) is 4.79 Å². The number of piperidine rings is 1. The number of hydrogen-bond acceptors (Lipinski definition) is 5. The number of halogens is 2. The molecule has 6 nitrogen and oxygen atoms in total. The van der Waals surface area contributed by atoms with E-state index in [0.717, 1.165) is 6.54 Å². The number of alkyl halides is 1. The van der Waals surface area contributed by atoms with Gasteiger partial charge in [-0.25, -0.2) is 4.39 Å². The first-order valence-electron chi connectivity index (χ1n) is 9.71. The van der Waals surface area contributed by atoms with E-state index in [4.69, 9.17) is 10.5 Å². The standard InChI is InChI=1S/C21H28BrFN4O2/c1-20(2,29-3)13-27-9-6-21(23,7-10-27)12-26-19(28)15-11-16(22)17(24)14-5-4-8-25-18(14)15/h4-5,8,11H,6-7,9-10,12-13,24H2,1-3H3,(H,26,28). The molecule has 0 aliphatic carbocycles. The fourth-order valence-electron chi connectivity index (χ4n) is 3.64. The number of nitrogens with zero attached hydrogens (tertiary/aromatic N) is 2. The quantitative estimate of drug-likeness (QED) is 0.636. The highest BCUT2D eigenvalue weighted by atomic mass is 79.9. The summed E-state index contributed by atoms with van der Waals surface area (Å²) in [6, 6.07) is 5.22. The maximum Gasteiger partial charge on any atom is 0.253 e. The molecule has 0 saturated carbocycles. The number of rotatable bonds is 6. The molecule has 1 aromatic heterocycles. The summed E-state index contributed by atoms with van der Waals surface area (Å²) in [5.41, 5.74) is 5.81. The molecule has 29 heavy (non-hydrogen) atoms. The Morgan fingerprint density at radius 2 is 2.14 bits per heavy atom. The molecule has 0 radical (unpaired) electrons. The summed E-state index contributed by atoms with van der Waals surface area (Å²) in [5.74, 6) is -0.352. The first-order chi connectivity index (χ1) is 13.6. The van der Waals surface area contributed by atoms with Crippen LogP contribution in [0.15, 0.2) is 28.9 Å². The van der Waals surface area contributed by atoms with Gasteiger partial charge in [-0.15, -0.1) is 0 Å². The Bertz CT molecular complexity index is 898. The number of fused-ring (bicyclic) bond motifs is 1. The third kappa shape index (κ3) is 5.05. The smallest absolute Gasteiger partial charge is 0.253 e. The van der Waals surface area contributed by atoms with Crippen LogP contribution in [0.25, 0.3) is 10.9 Å². The Balaban J connectivity index is 1.65. The number of likely N-dealkylation sites (tertiary alicyclic amines) is 1. The lowest BCUT2D eigenvalue weighted by molar-refractivity contribution is -0.0274. The topological polar surface area (TPSA) is 80.5 Å². The molecule has 1 saturated heterocycles. The van der Waals surface area contributed by atoms with Crippen LogP contribution in [0.5, 0.6) is 0 Å². The second-order valence-electron chi connectivity index (χ2n) is 8.29. The summed E-state index contributed by atoms with van der Waals surface area (Å²) < 4.78 is 21.4. The van der Waals surface area contributed by atoms with Gasteiger partial charge in [-0.1, -0.05) is 0 Å². The highest BCUT2D eigenvalue weighted by molar-refractivity contribution is 9.10. The molecule has 1 amide bonds. The Morgan fingerprint density at radius 1 is 1.45 bits per heavy atom. The molecule has 2 heterocycles. The fourth-order valence-corrected chi connectivity index (χ4v) is 4.08. The number of nitrogen functional groups attached to an aromatic ring is 1. The van der Waals surface area contributed by atoms with E-state index in [1.165, 1.54) is 0 Å². The van der Waals surface area contributed by atoms with Gasteiger partial charge in [-0.3, -0.25) is 9.78 Å². The van der Waals surface area contributed by atoms with Crippen molar-refractivity contribution in [2.24, 2.45) is 0 Å². The normalized spacial score (nSPS) is 17.4. The van der Waals surface area contributed by atoms with E-state index in [1.807, 2.05) is 19.9 Å². The molecule has 1 fully saturated rings. The van der Waals surface area contributed by atoms with Gasteiger partial charge in [0.1, 0.15) is 5.67 Å². The van der Waals surface area contributed by atoms with Crippen LogP contribution in [0.1, 0.15) is 37.0 Å². The molecule has 0 bridgehead atoms. The third-order valence-electron chi connectivity index (χ3n) is 5.60. The number of carbonyl (C=O) groups is 1. The molecule has 0 atom stereocenters. The second kappa shape index (κ2) is 8.53. The molecule has 1 aliphatic rings. The number of ether oxygens (including phenoxy) is 1. The van der Waals surface area contributed by atoms with Crippen molar-refractivity contribution in [3.63, 3.8) is 0 Å². The van der Waals surface area contributed by atoms with Gasteiger partial charge in [0.05, 0.1) is 28.9 Å². The van der Waals surface area contributed by atoms with Gasteiger partial charge in [0.25, 0.3) is 5.91 Å². The summed E-state index contributed by atoms with van der Waals surface area (Å²) >= 11 is 3.39. The zero-order chi connectivity index (χ0) is 21.2. The van der Waals surface area contributed by atoms with Crippen LogP contribution in [0, 0.1) is 0 Å². The number of aromatic nitrogens is 1. The molecule has 1 aromatic carbocycles. The van der Waals surface area contributed by atoms with Crippen LogP contribution >= 0.6 is 15.9 Å². The molecule has 0 spiro atoms. The van der Waals surface area contributed by atoms with E-state index >= 15 is 4.39 Å². The van der Waals surface area contributed by atoms with Crippen molar-refractivity contribution in [2.45, 2.75) is 38.0 Å². The molecule has 8 heteroatoms. The van der Waals surface area contributed by atoms with Crippen molar-refractivity contribution in [3.8, 4) is 0 Å². The Kier molecular flexibility index (Phi) is 6.45. The van der Waals surface area contributed by atoms with E-state index in [1.54, 1.807) is 25.4 Å². The van der Waals surface area contributed by atoms with E-state index in [0.29, 0.717) is 52.6 Å². The van der Waals surface area contributed by atoms with Crippen molar-refractivity contribution < 1.29 is 13.9 Å². The monoisotopic (exact) mass is 466 g/mol. The Morgan fingerprint density at radius 3 is 2.79 bits per heavy atom. The Hall–Kier alpha value is -1.77. The van der Waals surface area contributed by atoms with Crippen molar-refractivity contribution >= 4 is 38.4 Å². The number of hydrogen-bond donors (Lipinski definition) is 2. The van der Waals surface area contributed by atoms with Gasteiger partial charge < -0.3 is 20.7 Å². The van der Waals surface area contributed by atoms with Crippen LogP contribution in [0.4, 0.5) is 10.1 Å². The SMILES string of the molecule is COC(C)(C)CN1CCC(F)(CNC(=O)c2cc(Br)c(N)c3cccnc23)CC1. The number of anilines is 1. The van der Waals surface area contributed by atoms with Crippen LogP contribution in [0.2, 0.25) is 0 Å². The third-order valence-corrected chi connectivity index (χ3v) is 6.26. The van der Waals surface area contributed by atoms with Crippen LogP contribution in [-0.2, 0) is 4.74 Å². The number of nitrogens with one attached hydrogen (secondary N) is 1. The molecular formula is C21H28BrFN4O2. The maximum absolute atomic E-state index is 15.3. The largest absolute Gasteiger partial charge is 0.397 e. The average molecular weight is 467 g/mol. The minimum absolute atomic E-state index is 0.0241. The van der Waals surface area contributed by atoms with Crippen LogP contribution in [-0.4, -0.2) is 60.3 Å². The van der Waals surface area contributed by atoms with Crippen molar-refractivity contribution in [1.29, 1.82) is 0 Å². The lowest BCUT2D eigenvalue weighted by Crippen LogP contribution is -2.51. The van der Waals surface area contributed by atoms with Crippen LogP contribution < -0.4 is 11.1 Å². The van der Waals surface area contributed by atoms with E-state index < -0.39 is 5.67 Å². The van der Waals surface area contributed by atoms with Crippen molar-refractivity contribution in [3.05, 3.63) is 34.4 Å². The molecule has 1 aliphatic heterocycles. The minimum Gasteiger partial charge on any atom is -0.397 e. The predicted molar refractivity (Wildman–Crippen MR) is 117 cm³/mol. The minimum atomic E-state index is -1.42. The summed E-state index contributed by atoms with van der Waals surface area (Å²) in [5, 5.41) is 3.45. The fraction of sp³-hybridized carbons (Fsp3) is 0.524. The summed E-state index contributed by atoms with van der Waals surface area (Å²) in [6.45, 7) is 6.04. The molecule has 0 unspecified atom stereocenters. The zero-order valence-electron chi connectivity index (χ0n) is 17.1. The van der Waals surface area contributed by atoms with Crippen molar-refractivity contribution in [1.82, 2.24) is 15.2 Å². The van der Waals surface area contributed by atoms with Gasteiger partial charge in [0.2, 0.25) is 0 Å². The lowest BCUT2D eigenvalue weighted by Gasteiger charge is -2.39. The zero-order valence-corrected chi connectivity index (χ0v) is 18.7. The summed E-state index contributed by atoms with van der Waals surface area (Å²) in [4.78, 5) is 19.3. The van der Waals surface area contributed by atoms with Gasteiger partial charge in [-0.05, 0) is 60.8 Å². The number of methoxy groups -OCH3 is 1. The molecule has 158 valence electrons. The first-order valence-corrected chi connectivity index (χ1v) is 10.5. The highest BCUT2D eigenvalue weighted by Crippen LogP contribution is 2.31. The van der Waals surface area contributed by atoms with E-state index in [-0.39, 0.29) is 18.1 Å². The van der Waals surface area contributed by atoms with E-state index in [2.05, 4.69) is 31.1 Å². The lowest BCUT2D eigenvalue weighted by atomic mass is 9.92. The molecule has 3 rings (SSSR count). The molecule has 3 N–H and O–H groups in total. The second-order valence-corrected chi connectivity index (χ2v) is 9.15. The van der Waals surface area contributed by atoms with Crippen molar-refractivity contribution in [2.75, 3.05) is 39.0 Å². The number of pyridine rings is 1. The first kappa shape index (κ1) is 21.9. The van der Waals surface area contributed by atoms with Crippen LogP contribution in [0.3, 0.4) is 0 Å². The number of benzene rings is 1. The summed E-state index contributed by atoms with van der Waals surface area (Å²) in [7, 11) is 1.69. The maximum atomic E-state index is 15.3. The summed E-state index contributed by atoms with van der Waals surface area (Å²) in [6.07, 6.45) is 2.36. The van der Waals surface area contributed by atoms with Gasteiger partial charge in [0, 0.05) is 42.8 Å². The highest BCUT2D eigenvalue weighted by Gasteiger charge is 2.36. The average Bonchev–Trinajstić information content (AvgIpc) is 2.71. The number of carbonyl (C=O) groups excluding carboxylic acids is 1. The number of amides is 1. The molecular weight excluding hydrogens is 439 g/mol. The van der Waals surface area contributed by atoms with Gasteiger partial charge >= 0.3 is 0 Å². The Labute approximate surface area is 179 Å². The predicted octanol–water partition coefficient (Wildman–Crippen LogP) is 3.54.